The molecule has 2 unspecified atom stereocenters. The Hall–Kier alpha value is -1.07. The number of likely N-dealkylation sites (N-methyl/N-ethyl adjacent to an activating group) is 1. The molecule has 0 radical (unpaired) electrons. The average molecular weight is 279 g/mol. The van der Waals surface area contributed by atoms with Gasteiger partial charge in [-0.25, -0.2) is 0 Å². The molecule has 20 heavy (non-hydrogen) atoms. The monoisotopic (exact) mass is 279 g/mol. The van der Waals surface area contributed by atoms with Crippen LogP contribution in [0.1, 0.15) is 32.0 Å². The van der Waals surface area contributed by atoms with Crippen molar-refractivity contribution in [1.82, 2.24) is 20.0 Å². The van der Waals surface area contributed by atoms with Gasteiger partial charge in [0.2, 0.25) is 0 Å². The maximum absolute atomic E-state index is 4.63. The third kappa shape index (κ3) is 2.83. The van der Waals surface area contributed by atoms with Crippen LogP contribution in [0.15, 0.2) is 0 Å². The number of aromatic nitrogens is 2. The second-order valence-corrected chi connectivity index (χ2v) is 6.06. The van der Waals surface area contributed by atoms with E-state index in [0.717, 1.165) is 31.9 Å². The fourth-order valence-corrected chi connectivity index (χ4v) is 3.12. The van der Waals surface area contributed by atoms with Crippen molar-refractivity contribution in [1.29, 1.82) is 0 Å². The van der Waals surface area contributed by atoms with Gasteiger partial charge in [0, 0.05) is 44.3 Å². The van der Waals surface area contributed by atoms with Crippen LogP contribution in [0.3, 0.4) is 0 Å². The average Bonchev–Trinajstić information content (AvgIpc) is 2.67. The van der Waals surface area contributed by atoms with E-state index in [1.807, 2.05) is 4.68 Å². The van der Waals surface area contributed by atoms with Crippen LogP contribution in [0, 0.1) is 6.92 Å². The Morgan fingerprint density at radius 1 is 1.20 bits per heavy atom. The summed E-state index contributed by atoms with van der Waals surface area (Å²) in [4.78, 5) is 4.96. The third-order valence-corrected chi connectivity index (χ3v) is 4.52. The van der Waals surface area contributed by atoms with E-state index in [2.05, 4.69) is 62.0 Å². The molecule has 1 saturated heterocycles. The van der Waals surface area contributed by atoms with Crippen LogP contribution < -0.4 is 10.2 Å². The fourth-order valence-electron chi connectivity index (χ4n) is 3.12. The molecule has 1 aliphatic rings. The molecule has 1 aromatic heterocycles. The van der Waals surface area contributed by atoms with Gasteiger partial charge < -0.3 is 10.2 Å². The lowest BCUT2D eigenvalue weighted by Crippen LogP contribution is -2.55. The molecular formula is C15H29N5. The lowest BCUT2D eigenvalue weighted by molar-refractivity contribution is 0.169. The van der Waals surface area contributed by atoms with E-state index in [1.54, 1.807) is 0 Å². The highest BCUT2D eigenvalue weighted by Crippen LogP contribution is 2.27. The van der Waals surface area contributed by atoms with Gasteiger partial charge in [-0.1, -0.05) is 6.92 Å². The SMILES string of the molecule is CCNCc1c(C)nn(C)c1N1CC(C)N(C)C(C)C1. The second kappa shape index (κ2) is 6.14. The van der Waals surface area contributed by atoms with Crippen molar-refractivity contribution in [2.75, 3.05) is 31.6 Å². The molecular weight excluding hydrogens is 250 g/mol. The fraction of sp³-hybridized carbons (Fsp3) is 0.800. The Balaban J connectivity index is 2.27. The van der Waals surface area contributed by atoms with Gasteiger partial charge >= 0.3 is 0 Å². The lowest BCUT2D eigenvalue weighted by atomic mass is 10.1. The molecule has 5 heteroatoms. The first-order valence-electron chi connectivity index (χ1n) is 7.65. The van der Waals surface area contributed by atoms with E-state index in [4.69, 9.17) is 0 Å². The maximum Gasteiger partial charge on any atom is 0.131 e. The Morgan fingerprint density at radius 2 is 1.80 bits per heavy atom. The van der Waals surface area contributed by atoms with Crippen molar-refractivity contribution in [3.05, 3.63) is 11.3 Å². The van der Waals surface area contributed by atoms with Crippen molar-refractivity contribution in [2.45, 2.75) is 46.3 Å². The highest BCUT2D eigenvalue weighted by Gasteiger charge is 2.29. The first kappa shape index (κ1) is 15.3. The second-order valence-electron chi connectivity index (χ2n) is 6.06. The molecule has 0 aromatic carbocycles. The van der Waals surface area contributed by atoms with Crippen molar-refractivity contribution < 1.29 is 0 Å². The van der Waals surface area contributed by atoms with E-state index in [9.17, 15) is 0 Å². The summed E-state index contributed by atoms with van der Waals surface area (Å²) in [7, 11) is 4.28. The van der Waals surface area contributed by atoms with Crippen molar-refractivity contribution in [3.63, 3.8) is 0 Å². The van der Waals surface area contributed by atoms with E-state index >= 15 is 0 Å². The molecule has 0 saturated carbocycles. The van der Waals surface area contributed by atoms with Crippen LogP contribution in [0.25, 0.3) is 0 Å². The zero-order valence-corrected chi connectivity index (χ0v) is 13.8. The van der Waals surface area contributed by atoms with Crippen LogP contribution in [0.4, 0.5) is 5.82 Å². The molecule has 1 N–H and O–H groups in total. The molecule has 114 valence electrons. The van der Waals surface area contributed by atoms with Crippen LogP contribution in [0.5, 0.6) is 0 Å². The quantitative estimate of drug-likeness (QED) is 0.903. The van der Waals surface area contributed by atoms with Crippen molar-refractivity contribution in [3.8, 4) is 0 Å². The molecule has 0 aliphatic carbocycles. The summed E-state index contributed by atoms with van der Waals surface area (Å²) < 4.78 is 2.05. The maximum atomic E-state index is 4.63. The molecule has 2 heterocycles. The smallest absolute Gasteiger partial charge is 0.131 e. The molecule has 5 nitrogen and oxygen atoms in total. The standard InChI is InChI=1S/C15H29N5/c1-7-16-8-14-13(4)17-19(6)15(14)20-9-11(2)18(5)12(3)10-20/h11-12,16H,7-10H2,1-6H3. The summed E-state index contributed by atoms with van der Waals surface area (Å²) in [6, 6.07) is 1.14. The van der Waals surface area contributed by atoms with E-state index in [1.165, 1.54) is 11.4 Å². The predicted molar refractivity (Wildman–Crippen MR) is 84.2 cm³/mol. The number of rotatable bonds is 4. The van der Waals surface area contributed by atoms with E-state index < -0.39 is 0 Å². The van der Waals surface area contributed by atoms with Crippen molar-refractivity contribution >= 4 is 5.82 Å². The van der Waals surface area contributed by atoms with Crippen LogP contribution in [-0.4, -0.2) is 53.4 Å². The topological polar surface area (TPSA) is 36.3 Å². The van der Waals surface area contributed by atoms with Gasteiger partial charge in [-0.3, -0.25) is 9.58 Å². The van der Waals surface area contributed by atoms with Gasteiger partial charge in [-0.15, -0.1) is 0 Å². The minimum Gasteiger partial charge on any atom is -0.353 e. The highest BCUT2D eigenvalue weighted by molar-refractivity contribution is 5.51. The number of hydrogen-bond acceptors (Lipinski definition) is 4. The van der Waals surface area contributed by atoms with Crippen LogP contribution >= 0.6 is 0 Å². The van der Waals surface area contributed by atoms with Gasteiger partial charge in [0.05, 0.1) is 5.69 Å². The molecule has 1 fully saturated rings. The summed E-state index contributed by atoms with van der Waals surface area (Å²) in [5, 5.41) is 8.07. The lowest BCUT2D eigenvalue weighted by Gasteiger charge is -2.43. The molecule has 0 bridgehead atoms. The Kier molecular flexibility index (Phi) is 4.70. The van der Waals surface area contributed by atoms with Gasteiger partial charge in [0.15, 0.2) is 0 Å². The molecule has 2 rings (SSSR count). The summed E-state index contributed by atoms with van der Waals surface area (Å²) in [5.74, 6) is 1.29. The first-order chi connectivity index (χ1) is 9.45. The van der Waals surface area contributed by atoms with Crippen LogP contribution in [0.2, 0.25) is 0 Å². The Morgan fingerprint density at radius 3 is 2.35 bits per heavy atom. The molecule has 0 spiro atoms. The van der Waals surface area contributed by atoms with E-state index in [0.29, 0.717) is 12.1 Å². The Labute approximate surface area is 122 Å². The van der Waals surface area contributed by atoms with Gasteiger partial charge in [-0.2, -0.15) is 5.10 Å². The van der Waals surface area contributed by atoms with Gasteiger partial charge in [-0.05, 0) is 34.4 Å². The van der Waals surface area contributed by atoms with Gasteiger partial charge in [0.25, 0.3) is 0 Å². The summed E-state index contributed by atoms with van der Waals surface area (Å²) in [6.45, 7) is 12.9. The third-order valence-electron chi connectivity index (χ3n) is 4.52. The van der Waals surface area contributed by atoms with E-state index in [-0.39, 0.29) is 0 Å². The number of nitrogens with zero attached hydrogens (tertiary/aromatic N) is 4. The number of aryl methyl sites for hydroxylation is 2. The highest BCUT2D eigenvalue weighted by atomic mass is 15.4. The normalized spacial score (nSPS) is 24.4. The minimum absolute atomic E-state index is 0.570. The Bertz CT molecular complexity index is 441. The van der Waals surface area contributed by atoms with Gasteiger partial charge in [0.1, 0.15) is 5.82 Å². The summed E-state index contributed by atoms with van der Waals surface area (Å²) in [6.07, 6.45) is 0. The molecule has 1 aromatic rings. The molecule has 1 aliphatic heterocycles. The number of nitrogens with one attached hydrogen (secondary N) is 1. The number of hydrogen-bond donors (Lipinski definition) is 1. The predicted octanol–water partition coefficient (Wildman–Crippen LogP) is 1.37. The zero-order chi connectivity index (χ0) is 14.9. The number of anilines is 1. The van der Waals surface area contributed by atoms with Crippen LogP contribution in [-0.2, 0) is 13.6 Å². The molecule has 0 amide bonds. The summed E-state index contributed by atoms with van der Waals surface area (Å²) >= 11 is 0. The zero-order valence-electron chi connectivity index (χ0n) is 13.8. The van der Waals surface area contributed by atoms with Crippen molar-refractivity contribution in [2.24, 2.45) is 7.05 Å². The minimum atomic E-state index is 0.570. The largest absolute Gasteiger partial charge is 0.353 e. The first-order valence-corrected chi connectivity index (χ1v) is 7.65. The summed E-state index contributed by atoms with van der Waals surface area (Å²) in [5.41, 5.74) is 2.49. The number of piperazine rings is 1. The molecule has 2 atom stereocenters.